The molecule has 0 aliphatic carbocycles. The molecule has 0 spiro atoms. The molecule has 5 nitrogen and oxygen atoms in total. The van der Waals surface area contributed by atoms with Crippen molar-refractivity contribution in [1.29, 1.82) is 0 Å². The molecule has 0 saturated carbocycles. The number of aryl methyl sites for hydroxylation is 2. The molecule has 142 valence electrons. The maximum Gasteiger partial charge on any atom is 0.336 e. The number of hydrogen-bond donors (Lipinski definition) is 0. The lowest BCUT2D eigenvalue weighted by Crippen LogP contribution is -2.05. The van der Waals surface area contributed by atoms with Crippen molar-refractivity contribution < 1.29 is 13.6 Å². The molecule has 0 unspecified atom stereocenters. The van der Waals surface area contributed by atoms with E-state index < -0.39 is 11.3 Å². The number of ether oxygens (including phenoxy) is 1. The van der Waals surface area contributed by atoms with Gasteiger partial charge in [-0.05, 0) is 36.6 Å². The Morgan fingerprint density at radius 2 is 1.64 bits per heavy atom. The molecule has 0 radical (unpaired) electrons. The molecule has 0 aliphatic rings. The lowest BCUT2D eigenvalue weighted by molar-refractivity contribution is 0.306. The van der Waals surface area contributed by atoms with Crippen LogP contribution in [-0.2, 0) is 13.0 Å². The number of fused-ring (bicyclic) bond motifs is 2. The Kier molecular flexibility index (Phi) is 4.69. The Balaban J connectivity index is 1.72. The van der Waals surface area contributed by atoms with Crippen LogP contribution in [0.1, 0.15) is 23.6 Å². The van der Waals surface area contributed by atoms with Crippen LogP contribution in [0.2, 0.25) is 5.02 Å². The van der Waals surface area contributed by atoms with Crippen molar-refractivity contribution in [2.24, 2.45) is 0 Å². The van der Waals surface area contributed by atoms with Gasteiger partial charge in [0.05, 0.1) is 5.02 Å². The summed E-state index contributed by atoms with van der Waals surface area (Å²) in [5.74, 6) is 0.370. The van der Waals surface area contributed by atoms with E-state index in [4.69, 9.17) is 25.2 Å². The molecule has 2 aromatic carbocycles. The van der Waals surface area contributed by atoms with Gasteiger partial charge in [-0.1, -0.05) is 30.7 Å². The number of hydrogen-bond acceptors (Lipinski definition) is 5. The Bertz CT molecular complexity index is 1320. The SMILES string of the molecule is CCc1ccc2c(COc3cc4oc(=O)cc(C)c4cc3Cl)cc(=O)oc2c1. The third-order valence-electron chi connectivity index (χ3n) is 4.69. The van der Waals surface area contributed by atoms with Gasteiger partial charge in [-0.15, -0.1) is 0 Å². The molecule has 4 rings (SSSR count). The first kappa shape index (κ1) is 18.3. The molecule has 4 aromatic rings. The Labute approximate surface area is 165 Å². The molecule has 0 fully saturated rings. The molecule has 0 bridgehead atoms. The van der Waals surface area contributed by atoms with E-state index >= 15 is 0 Å². The first-order valence-corrected chi connectivity index (χ1v) is 9.25. The highest BCUT2D eigenvalue weighted by atomic mass is 35.5. The molecular formula is C22H17ClO5. The summed E-state index contributed by atoms with van der Waals surface area (Å²) < 4.78 is 16.4. The van der Waals surface area contributed by atoms with E-state index in [0.29, 0.717) is 27.5 Å². The van der Waals surface area contributed by atoms with E-state index in [0.717, 1.165) is 28.3 Å². The predicted molar refractivity (Wildman–Crippen MR) is 108 cm³/mol. The van der Waals surface area contributed by atoms with Crippen LogP contribution in [0.4, 0.5) is 0 Å². The fraction of sp³-hybridized carbons (Fsp3) is 0.182. The highest BCUT2D eigenvalue weighted by Crippen LogP contribution is 2.32. The Morgan fingerprint density at radius 1 is 0.929 bits per heavy atom. The van der Waals surface area contributed by atoms with Gasteiger partial charge in [0.1, 0.15) is 23.5 Å². The maximum absolute atomic E-state index is 11.9. The molecule has 0 amide bonds. The van der Waals surface area contributed by atoms with Crippen LogP contribution in [0.25, 0.3) is 21.9 Å². The summed E-state index contributed by atoms with van der Waals surface area (Å²) in [5.41, 5.74) is 2.60. The normalized spacial score (nSPS) is 11.2. The van der Waals surface area contributed by atoms with Gasteiger partial charge in [0.25, 0.3) is 0 Å². The zero-order valence-electron chi connectivity index (χ0n) is 15.4. The minimum Gasteiger partial charge on any atom is -0.487 e. The van der Waals surface area contributed by atoms with Gasteiger partial charge < -0.3 is 13.6 Å². The van der Waals surface area contributed by atoms with E-state index in [1.54, 1.807) is 12.1 Å². The van der Waals surface area contributed by atoms with Gasteiger partial charge in [0, 0.05) is 34.5 Å². The quantitative estimate of drug-likeness (QED) is 0.454. The van der Waals surface area contributed by atoms with E-state index in [1.165, 1.54) is 12.1 Å². The van der Waals surface area contributed by atoms with Crippen LogP contribution in [0.5, 0.6) is 5.75 Å². The molecule has 0 aliphatic heterocycles. The first-order chi connectivity index (χ1) is 13.4. The molecule has 0 saturated heterocycles. The number of halogens is 1. The standard InChI is InChI=1S/C22H17ClO5/c1-3-13-4-5-15-14(8-22(25)27-18(15)7-13)11-26-20-10-19-16(9-17(20)23)12(2)6-21(24)28-19/h4-10H,3,11H2,1-2H3. The van der Waals surface area contributed by atoms with E-state index in [2.05, 4.69) is 0 Å². The average Bonchev–Trinajstić information content (AvgIpc) is 2.66. The highest BCUT2D eigenvalue weighted by Gasteiger charge is 2.12. The Hall–Kier alpha value is -3.05. The minimum absolute atomic E-state index is 0.120. The average molecular weight is 397 g/mol. The molecule has 2 heterocycles. The largest absolute Gasteiger partial charge is 0.487 e. The molecule has 0 N–H and O–H groups in total. The molecule has 2 aromatic heterocycles. The zero-order chi connectivity index (χ0) is 19.8. The van der Waals surface area contributed by atoms with Crippen molar-refractivity contribution in [3.8, 4) is 5.75 Å². The first-order valence-electron chi connectivity index (χ1n) is 8.87. The van der Waals surface area contributed by atoms with Gasteiger partial charge in [-0.25, -0.2) is 9.59 Å². The number of rotatable bonds is 4. The summed E-state index contributed by atoms with van der Waals surface area (Å²) in [6, 6.07) is 11.9. The molecule has 6 heteroatoms. The van der Waals surface area contributed by atoms with Gasteiger partial charge in [-0.2, -0.15) is 0 Å². The monoisotopic (exact) mass is 396 g/mol. The van der Waals surface area contributed by atoms with Crippen molar-refractivity contribution in [3.63, 3.8) is 0 Å². The van der Waals surface area contributed by atoms with Crippen molar-refractivity contribution in [2.45, 2.75) is 26.9 Å². The summed E-state index contributed by atoms with van der Waals surface area (Å²) in [4.78, 5) is 23.6. The fourth-order valence-electron chi connectivity index (χ4n) is 3.20. The number of benzene rings is 2. The van der Waals surface area contributed by atoms with Gasteiger partial charge in [0.2, 0.25) is 0 Å². The van der Waals surface area contributed by atoms with Crippen LogP contribution in [0.3, 0.4) is 0 Å². The van der Waals surface area contributed by atoms with E-state index in [-0.39, 0.29) is 6.61 Å². The summed E-state index contributed by atoms with van der Waals surface area (Å²) in [5, 5.41) is 1.94. The second-order valence-corrected chi connectivity index (χ2v) is 7.00. The van der Waals surface area contributed by atoms with Crippen LogP contribution >= 0.6 is 11.6 Å². The van der Waals surface area contributed by atoms with Crippen molar-refractivity contribution >= 4 is 33.5 Å². The van der Waals surface area contributed by atoms with E-state index in [9.17, 15) is 9.59 Å². The van der Waals surface area contributed by atoms with Crippen LogP contribution in [0, 0.1) is 6.92 Å². The van der Waals surface area contributed by atoms with E-state index in [1.807, 2.05) is 32.0 Å². The van der Waals surface area contributed by atoms with Gasteiger partial charge >= 0.3 is 11.3 Å². The Morgan fingerprint density at radius 3 is 2.39 bits per heavy atom. The summed E-state index contributed by atoms with van der Waals surface area (Å²) in [7, 11) is 0. The second-order valence-electron chi connectivity index (χ2n) is 6.59. The predicted octanol–water partition coefficient (Wildman–Crippen LogP) is 5.00. The molecule has 0 atom stereocenters. The van der Waals surface area contributed by atoms with Crippen LogP contribution in [-0.4, -0.2) is 0 Å². The van der Waals surface area contributed by atoms with Crippen LogP contribution in [0.15, 0.2) is 60.9 Å². The fourth-order valence-corrected chi connectivity index (χ4v) is 3.42. The second kappa shape index (κ2) is 7.17. The van der Waals surface area contributed by atoms with Crippen molar-refractivity contribution in [1.82, 2.24) is 0 Å². The zero-order valence-corrected chi connectivity index (χ0v) is 16.1. The smallest absolute Gasteiger partial charge is 0.336 e. The molecule has 28 heavy (non-hydrogen) atoms. The van der Waals surface area contributed by atoms with Crippen molar-refractivity contribution in [2.75, 3.05) is 0 Å². The summed E-state index contributed by atoms with van der Waals surface area (Å²) in [6.45, 7) is 3.97. The topological polar surface area (TPSA) is 69.7 Å². The molecular weight excluding hydrogens is 380 g/mol. The third kappa shape index (κ3) is 3.41. The highest BCUT2D eigenvalue weighted by molar-refractivity contribution is 6.32. The van der Waals surface area contributed by atoms with Gasteiger partial charge in [0.15, 0.2) is 0 Å². The van der Waals surface area contributed by atoms with Crippen LogP contribution < -0.4 is 16.0 Å². The lowest BCUT2D eigenvalue weighted by Gasteiger charge is -2.11. The minimum atomic E-state index is -0.439. The summed E-state index contributed by atoms with van der Waals surface area (Å²) >= 11 is 6.35. The van der Waals surface area contributed by atoms with Crippen molar-refractivity contribution in [3.05, 3.63) is 85.0 Å². The maximum atomic E-state index is 11.9. The van der Waals surface area contributed by atoms with Gasteiger partial charge in [-0.3, -0.25) is 0 Å². The summed E-state index contributed by atoms with van der Waals surface area (Å²) in [6.07, 6.45) is 0.845. The lowest BCUT2D eigenvalue weighted by atomic mass is 10.1. The third-order valence-corrected chi connectivity index (χ3v) is 4.99.